The van der Waals surface area contributed by atoms with Gasteiger partial charge in [0.25, 0.3) is 0 Å². The molecule has 0 saturated heterocycles. The van der Waals surface area contributed by atoms with E-state index in [-0.39, 0.29) is 0 Å². The average Bonchev–Trinajstić information content (AvgIpc) is 3.50. The van der Waals surface area contributed by atoms with Crippen LogP contribution in [0.4, 0.5) is 0 Å². The molecule has 5 heteroatoms. The van der Waals surface area contributed by atoms with E-state index in [1.165, 1.54) is 11.1 Å². The van der Waals surface area contributed by atoms with Crippen LogP contribution in [0, 0.1) is 6.92 Å². The molecule has 1 N–H and O–H groups in total. The number of benzene rings is 1. The minimum atomic E-state index is -1.24. The van der Waals surface area contributed by atoms with Crippen LogP contribution in [0.25, 0.3) is 0 Å². The molecule has 0 saturated carbocycles. The maximum Gasteiger partial charge on any atom is 0.191 e. The van der Waals surface area contributed by atoms with Crippen LogP contribution >= 0.6 is 22.7 Å². The smallest absolute Gasteiger partial charge is 0.191 e. The largest absolute Gasteiger partial charge is 0.461 e. The van der Waals surface area contributed by atoms with Crippen molar-refractivity contribution >= 4 is 22.7 Å². The lowest BCUT2D eigenvalue weighted by atomic mass is 9.97. The lowest BCUT2D eigenvalue weighted by Crippen LogP contribution is -2.26. The Balaban J connectivity index is 1.58. The molecule has 0 radical (unpaired) electrons. The van der Waals surface area contributed by atoms with Crippen LogP contribution in [0.2, 0.25) is 0 Å². The summed E-state index contributed by atoms with van der Waals surface area (Å²) >= 11 is 3.09. The lowest BCUT2D eigenvalue weighted by molar-refractivity contribution is 0.102. The molecular formula is C25H27NO2S2. The van der Waals surface area contributed by atoms with E-state index in [9.17, 15) is 5.11 Å². The predicted molar refractivity (Wildman–Crippen MR) is 125 cm³/mol. The Morgan fingerprint density at radius 2 is 1.67 bits per heavy atom. The van der Waals surface area contributed by atoms with Crippen molar-refractivity contribution in [3.8, 4) is 0 Å². The summed E-state index contributed by atoms with van der Waals surface area (Å²) in [4.78, 5) is 4.14. The first-order chi connectivity index (χ1) is 14.6. The van der Waals surface area contributed by atoms with Gasteiger partial charge in [-0.3, -0.25) is 4.90 Å². The van der Waals surface area contributed by atoms with Crippen LogP contribution in [-0.4, -0.2) is 16.6 Å². The van der Waals surface area contributed by atoms with Crippen molar-refractivity contribution in [1.82, 2.24) is 4.90 Å². The molecule has 0 aliphatic carbocycles. The molecule has 3 aromatic heterocycles. The van der Waals surface area contributed by atoms with Crippen molar-refractivity contribution < 1.29 is 9.52 Å². The Hall–Kier alpha value is -2.18. The van der Waals surface area contributed by atoms with Crippen LogP contribution in [0.1, 0.15) is 45.7 Å². The zero-order chi connectivity index (χ0) is 21.0. The van der Waals surface area contributed by atoms with E-state index in [0.717, 1.165) is 35.0 Å². The molecular weight excluding hydrogens is 410 g/mol. The van der Waals surface area contributed by atoms with Crippen LogP contribution in [0.5, 0.6) is 0 Å². The van der Waals surface area contributed by atoms with E-state index >= 15 is 0 Å². The summed E-state index contributed by atoms with van der Waals surface area (Å²) < 4.78 is 6.26. The number of hydrogen-bond donors (Lipinski definition) is 1. The minimum absolute atomic E-state index is 0.578. The molecule has 3 heterocycles. The average molecular weight is 438 g/mol. The van der Waals surface area contributed by atoms with Crippen molar-refractivity contribution in [3.05, 3.63) is 104 Å². The number of rotatable bonds is 9. The van der Waals surface area contributed by atoms with Crippen LogP contribution in [-0.2, 0) is 18.7 Å². The molecule has 30 heavy (non-hydrogen) atoms. The fraction of sp³-hybridized carbons (Fsp3) is 0.280. The van der Waals surface area contributed by atoms with Gasteiger partial charge in [0.05, 0.1) is 6.54 Å². The Kier molecular flexibility index (Phi) is 6.54. The standard InChI is InChI=1S/C25H27NO2S2/c1-3-13-26(17-20-8-4-7-19(2)16-20)18-21-11-12-22(28-21)25(27,23-9-5-14-29-23)24-10-6-15-30-24/h4-12,14-16,27H,3,13,17-18H2,1-2H3. The molecule has 0 bridgehead atoms. The molecule has 0 unspecified atom stereocenters. The molecule has 0 aliphatic rings. The summed E-state index contributed by atoms with van der Waals surface area (Å²) in [5.41, 5.74) is 1.34. The molecule has 0 atom stereocenters. The van der Waals surface area contributed by atoms with Gasteiger partial charge in [-0.25, -0.2) is 0 Å². The third-order valence-electron chi connectivity index (χ3n) is 5.18. The number of furan rings is 1. The Morgan fingerprint density at radius 1 is 0.933 bits per heavy atom. The second-order valence-electron chi connectivity index (χ2n) is 7.63. The monoisotopic (exact) mass is 437 g/mol. The second-order valence-corrected chi connectivity index (χ2v) is 9.53. The fourth-order valence-corrected chi connectivity index (χ4v) is 5.56. The first kappa shape index (κ1) is 21.1. The van der Waals surface area contributed by atoms with Gasteiger partial charge in [-0.2, -0.15) is 0 Å². The minimum Gasteiger partial charge on any atom is -0.461 e. The Bertz CT molecular complexity index is 1020. The maximum absolute atomic E-state index is 11.7. The number of thiophene rings is 2. The van der Waals surface area contributed by atoms with Crippen molar-refractivity contribution in [3.63, 3.8) is 0 Å². The van der Waals surface area contributed by atoms with Gasteiger partial charge in [-0.1, -0.05) is 48.9 Å². The highest BCUT2D eigenvalue weighted by atomic mass is 32.1. The maximum atomic E-state index is 11.7. The summed E-state index contributed by atoms with van der Waals surface area (Å²) in [7, 11) is 0. The first-order valence-corrected chi connectivity index (χ1v) is 12.0. The zero-order valence-electron chi connectivity index (χ0n) is 17.4. The van der Waals surface area contributed by atoms with Gasteiger partial charge in [0.2, 0.25) is 0 Å². The highest BCUT2D eigenvalue weighted by Crippen LogP contribution is 2.41. The van der Waals surface area contributed by atoms with Gasteiger partial charge in [0, 0.05) is 16.3 Å². The molecule has 3 nitrogen and oxygen atoms in total. The van der Waals surface area contributed by atoms with E-state index in [1.54, 1.807) is 22.7 Å². The summed E-state index contributed by atoms with van der Waals surface area (Å²) in [6.07, 6.45) is 1.08. The van der Waals surface area contributed by atoms with E-state index < -0.39 is 5.60 Å². The normalized spacial score (nSPS) is 12.0. The predicted octanol–water partition coefficient (Wildman–Crippen LogP) is 6.41. The molecule has 4 aromatic rings. The van der Waals surface area contributed by atoms with E-state index in [0.29, 0.717) is 12.3 Å². The van der Waals surface area contributed by atoms with E-state index in [1.807, 2.05) is 47.2 Å². The first-order valence-electron chi connectivity index (χ1n) is 10.3. The van der Waals surface area contributed by atoms with Gasteiger partial charge in [0.15, 0.2) is 5.60 Å². The second kappa shape index (κ2) is 9.31. The quantitative estimate of drug-likeness (QED) is 0.329. The SMILES string of the molecule is CCCN(Cc1cccc(C)c1)Cc1ccc(C(O)(c2cccs2)c2cccs2)o1. The summed E-state index contributed by atoms with van der Waals surface area (Å²) in [5.74, 6) is 1.45. The summed E-state index contributed by atoms with van der Waals surface area (Å²) in [6, 6.07) is 20.4. The Morgan fingerprint density at radius 3 is 2.27 bits per heavy atom. The van der Waals surface area contributed by atoms with Crippen LogP contribution in [0.15, 0.2) is 75.8 Å². The third-order valence-corrected chi connectivity index (χ3v) is 7.14. The zero-order valence-corrected chi connectivity index (χ0v) is 19.0. The van der Waals surface area contributed by atoms with Gasteiger partial charge in [-0.15, -0.1) is 22.7 Å². The van der Waals surface area contributed by atoms with Crippen LogP contribution in [0.3, 0.4) is 0 Å². The number of aryl methyl sites for hydroxylation is 1. The van der Waals surface area contributed by atoms with Crippen molar-refractivity contribution in [2.75, 3.05) is 6.54 Å². The van der Waals surface area contributed by atoms with Crippen molar-refractivity contribution in [2.45, 2.75) is 39.0 Å². The lowest BCUT2D eigenvalue weighted by Gasteiger charge is -2.24. The number of aliphatic hydroxyl groups is 1. The Labute approximate surface area is 186 Å². The molecule has 0 amide bonds. The molecule has 0 aliphatic heterocycles. The van der Waals surface area contributed by atoms with Gasteiger partial charge in [-0.05, 0) is 60.5 Å². The highest BCUT2D eigenvalue weighted by Gasteiger charge is 2.39. The number of nitrogens with zero attached hydrogens (tertiary/aromatic N) is 1. The van der Waals surface area contributed by atoms with Gasteiger partial charge in [0.1, 0.15) is 11.5 Å². The highest BCUT2D eigenvalue weighted by molar-refractivity contribution is 7.11. The topological polar surface area (TPSA) is 36.6 Å². The molecule has 0 fully saturated rings. The molecule has 1 aromatic carbocycles. The molecule has 156 valence electrons. The molecule has 4 rings (SSSR count). The third kappa shape index (κ3) is 4.44. The molecule has 0 spiro atoms. The number of hydrogen-bond acceptors (Lipinski definition) is 5. The van der Waals surface area contributed by atoms with Gasteiger partial charge < -0.3 is 9.52 Å². The van der Waals surface area contributed by atoms with Crippen molar-refractivity contribution in [1.29, 1.82) is 0 Å². The van der Waals surface area contributed by atoms with E-state index in [2.05, 4.69) is 43.0 Å². The van der Waals surface area contributed by atoms with Gasteiger partial charge >= 0.3 is 0 Å². The fourth-order valence-electron chi connectivity index (χ4n) is 3.81. The van der Waals surface area contributed by atoms with Crippen molar-refractivity contribution in [2.24, 2.45) is 0 Å². The summed E-state index contributed by atoms with van der Waals surface area (Å²) in [5, 5.41) is 15.7. The summed E-state index contributed by atoms with van der Waals surface area (Å²) in [6.45, 7) is 6.91. The van der Waals surface area contributed by atoms with Crippen LogP contribution < -0.4 is 0 Å². The van der Waals surface area contributed by atoms with E-state index in [4.69, 9.17) is 4.42 Å².